The van der Waals surface area contributed by atoms with E-state index in [2.05, 4.69) is 0 Å². The fraction of sp³-hybridized carbons (Fsp3) is 0.750. The lowest BCUT2D eigenvalue weighted by molar-refractivity contribution is -0.125. The molecule has 11 heavy (non-hydrogen) atoms. The van der Waals surface area contributed by atoms with Crippen molar-refractivity contribution in [2.45, 2.75) is 33.1 Å². The highest BCUT2D eigenvalue weighted by Gasteiger charge is 2.10. The lowest BCUT2D eigenvalue weighted by Crippen LogP contribution is -2.16. The standard InChI is InChI=1S/C8H15NO2/c1-3-6(2)7(10)4-5-8(9)11/h6H,3-5H2,1-2H3,(H2,9,11). The number of nitrogens with two attached hydrogens (primary N) is 1. The summed E-state index contributed by atoms with van der Waals surface area (Å²) in [5, 5.41) is 0. The Morgan fingerprint density at radius 2 is 1.91 bits per heavy atom. The molecular formula is C8H15NO2. The fourth-order valence-electron chi connectivity index (χ4n) is 0.720. The molecule has 64 valence electrons. The fourth-order valence-corrected chi connectivity index (χ4v) is 0.720. The average molecular weight is 157 g/mol. The van der Waals surface area contributed by atoms with Gasteiger partial charge in [-0.1, -0.05) is 13.8 Å². The largest absolute Gasteiger partial charge is 0.370 e. The van der Waals surface area contributed by atoms with Crippen LogP contribution in [-0.4, -0.2) is 11.7 Å². The van der Waals surface area contributed by atoms with Crippen LogP contribution in [0.5, 0.6) is 0 Å². The highest BCUT2D eigenvalue weighted by molar-refractivity contribution is 5.85. The molecule has 0 aliphatic rings. The van der Waals surface area contributed by atoms with E-state index in [-0.39, 0.29) is 18.1 Å². The summed E-state index contributed by atoms with van der Waals surface area (Å²) in [7, 11) is 0. The monoisotopic (exact) mass is 157 g/mol. The normalized spacial score (nSPS) is 12.5. The maximum Gasteiger partial charge on any atom is 0.217 e. The lowest BCUT2D eigenvalue weighted by Gasteiger charge is -2.04. The highest BCUT2D eigenvalue weighted by Crippen LogP contribution is 2.06. The van der Waals surface area contributed by atoms with Crippen LogP contribution in [0.2, 0.25) is 0 Å². The second kappa shape index (κ2) is 4.88. The van der Waals surface area contributed by atoms with Gasteiger partial charge in [0.15, 0.2) is 0 Å². The van der Waals surface area contributed by atoms with E-state index >= 15 is 0 Å². The van der Waals surface area contributed by atoms with Gasteiger partial charge < -0.3 is 5.73 Å². The number of hydrogen-bond acceptors (Lipinski definition) is 2. The summed E-state index contributed by atoms with van der Waals surface area (Å²) in [5.74, 6) is -0.206. The molecule has 1 atom stereocenters. The second-order valence-electron chi connectivity index (χ2n) is 2.74. The van der Waals surface area contributed by atoms with Crippen LogP contribution in [0.25, 0.3) is 0 Å². The number of rotatable bonds is 5. The van der Waals surface area contributed by atoms with Crippen LogP contribution in [0.1, 0.15) is 33.1 Å². The zero-order valence-electron chi connectivity index (χ0n) is 7.09. The smallest absolute Gasteiger partial charge is 0.217 e. The van der Waals surface area contributed by atoms with E-state index in [1.54, 1.807) is 0 Å². The van der Waals surface area contributed by atoms with Gasteiger partial charge in [0.1, 0.15) is 5.78 Å². The number of carbonyl (C=O) groups is 2. The third-order valence-corrected chi connectivity index (χ3v) is 1.78. The molecule has 0 heterocycles. The Hall–Kier alpha value is -0.860. The Bertz CT molecular complexity index is 154. The number of amides is 1. The summed E-state index contributed by atoms with van der Waals surface area (Å²) in [6.45, 7) is 3.82. The lowest BCUT2D eigenvalue weighted by atomic mass is 10.00. The number of Topliss-reactive ketones (excluding diaryl/α,β-unsaturated/α-hetero) is 1. The number of carbonyl (C=O) groups excluding carboxylic acids is 2. The van der Waals surface area contributed by atoms with Crippen LogP contribution in [0, 0.1) is 5.92 Å². The Balaban J connectivity index is 3.60. The van der Waals surface area contributed by atoms with E-state index in [9.17, 15) is 9.59 Å². The molecule has 0 aliphatic carbocycles. The zero-order valence-corrected chi connectivity index (χ0v) is 7.09. The van der Waals surface area contributed by atoms with Gasteiger partial charge in [0.25, 0.3) is 0 Å². The predicted octanol–water partition coefficient (Wildman–Crippen LogP) is 0.867. The van der Waals surface area contributed by atoms with Crippen molar-refractivity contribution in [1.82, 2.24) is 0 Å². The topological polar surface area (TPSA) is 60.2 Å². The Morgan fingerprint density at radius 1 is 1.36 bits per heavy atom. The van der Waals surface area contributed by atoms with Crippen LogP contribution < -0.4 is 5.73 Å². The molecule has 0 aromatic rings. The van der Waals surface area contributed by atoms with Gasteiger partial charge in [0.05, 0.1) is 0 Å². The van der Waals surface area contributed by atoms with Crippen LogP contribution in [0.4, 0.5) is 0 Å². The summed E-state index contributed by atoms with van der Waals surface area (Å²) in [6.07, 6.45) is 1.31. The van der Waals surface area contributed by atoms with Gasteiger partial charge in [-0.3, -0.25) is 9.59 Å². The molecule has 3 heteroatoms. The molecule has 0 aromatic heterocycles. The first-order valence-electron chi connectivity index (χ1n) is 3.89. The van der Waals surface area contributed by atoms with Crippen molar-refractivity contribution in [3.05, 3.63) is 0 Å². The minimum atomic E-state index is -0.401. The van der Waals surface area contributed by atoms with E-state index in [1.807, 2.05) is 13.8 Å². The molecule has 0 bridgehead atoms. The van der Waals surface area contributed by atoms with Crippen LogP contribution in [0.15, 0.2) is 0 Å². The van der Waals surface area contributed by atoms with E-state index in [0.717, 1.165) is 6.42 Å². The van der Waals surface area contributed by atoms with E-state index in [4.69, 9.17) is 5.73 Å². The van der Waals surface area contributed by atoms with Gasteiger partial charge in [-0.2, -0.15) is 0 Å². The minimum absolute atomic E-state index is 0.0642. The van der Waals surface area contributed by atoms with Crippen LogP contribution in [-0.2, 0) is 9.59 Å². The molecular weight excluding hydrogens is 142 g/mol. The molecule has 0 rings (SSSR count). The summed E-state index contributed by atoms with van der Waals surface area (Å²) < 4.78 is 0. The summed E-state index contributed by atoms with van der Waals surface area (Å²) in [5.41, 5.74) is 4.89. The maximum absolute atomic E-state index is 11.1. The third-order valence-electron chi connectivity index (χ3n) is 1.78. The Labute approximate surface area is 67.0 Å². The van der Waals surface area contributed by atoms with Crippen molar-refractivity contribution in [2.24, 2.45) is 11.7 Å². The molecule has 0 spiro atoms. The Kier molecular flexibility index (Phi) is 4.50. The SMILES string of the molecule is CCC(C)C(=O)CCC(N)=O. The van der Waals surface area contributed by atoms with Gasteiger partial charge in [-0.25, -0.2) is 0 Å². The van der Waals surface area contributed by atoms with Gasteiger partial charge in [0.2, 0.25) is 5.91 Å². The first-order chi connectivity index (χ1) is 5.07. The summed E-state index contributed by atoms with van der Waals surface area (Å²) in [4.78, 5) is 21.4. The third kappa shape index (κ3) is 4.53. The number of primary amides is 1. The predicted molar refractivity (Wildman–Crippen MR) is 42.9 cm³/mol. The molecule has 0 fully saturated rings. The molecule has 1 amide bonds. The zero-order chi connectivity index (χ0) is 8.85. The molecule has 3 nitrogen and oxygen atoms in total. The van der Waals surface area contributed by atoms with Crippen molar-refractivity contribution in [3.8, 4) is 0 Å². The first-order valence-corrected chi connectivity index (χ1v) is 3.89. The van der Waals surface area contributed by atoms with Gasteiger partial charge in [-0.15, -0.1) is 0 Å². The van der Waals surface area contributed by atoms with Gasteiger partial charge in [-0.05, 0) is 6.42 Å². The van der Waals surface area contributed by atoms with Crippen molar-refractivity contribution < 1.29 is 9.59 Å². The minimum Gasteiger partial charge on any atom is -0.370 e. The molecule has 1 unspecified atom stereocenters. The molecule has 0 saturated heterocycles. The van der Waals surface area contributed by atoms with Gasteiger partial charge in [0, 0.05) is 18.8 Å². The molecule has 0 aromatic carbocycles. The maximum atomic E-state index is 11.1. The Morgan fingerprint density at radius 3 is 2.27 bits per heavy atom. The van der Waals surface area contributed by atoms with Crippen molar-refractivity contribution in [3.63, 3.8) is 0 Å². The van der Waals surface area contributed by atoms with E-state index in [1.165, 1.54) is 0 Å². The molecule has 0 radical (unpaired) electrons. The summed E-state index contributed by atoms with van der Waals surface area (Å²) in [6, 6.07) is 0. The second-order valence-corrected chi connectivity index (χ2v) is 2.74. The van der Waals surface area contributed by atoms with Crippen molar-refractivity contribution in [1.29, 1.82) is 0 Å². The first kappa shape index (κ1) is 10.1. The summed E-state index contributed by atoms with van der Waals surface area (Å²) >= 11 is 0. The van der Waals surface area contributed by atoms with Crippen LogP contribution >= 0.6 is 0 Å². The van der Waals surface area contributed by atoms with E-state index < -0.39 is 5.91 Å². The van der Waals surface area contributed by atoms with Crippen molar-refractivity contribution >= 4 is 11.7 Å². The highest BCUT2D eigenvalue weighted by atomic mass is 16.1. The molecule has 0 aliphatic heterocycles. The number of ketones is 1. The molecule has 0 saturated carbocycles. The van der Waals surface area contributed by atoms with Crippen LogP contribution in [0.3, 0.4) is 0 Å². The van der Waals surface area contributed by atoms with Crippen molar-refractivity contribution in [2.75, 3.05) is 0 Å². The number of hydrogen-bond donors (Lipinski definition) is 1. The van der Waals surface area contributed by atoms with Gasteiger partial charge >= 0.3 is 0 Å². The average Bonchev–Trinajstić information content (AvgIpc) is 1.98. The van der Waals surface area contributed by atoms with E-state index in [0.29, 0.717) is 6.42 Å². The quantitative estimate of drug-likeness (QED) is 0.643. The molecule has 2 N–H and O–H groups in total.